The Balaban J connectivity index is 1.83. The maximum absolute atomic E-state index is 13.0. The van der Waals surface area contributed by atoms with E-state index in [1.165, 1.54) is 16.4 Å². The number of hydrogen-bond donors (Lipinski definition) is 1. The molecule has 0 unspecified atom stereocenters. The maximum atomic E-state index is 13.0. The third-order valence-electron chi connectivity index (χ3n) is 4.84. The molecular formula is C17H23N3O4S. The Hall–Kier alpha value is -1.93. The van der Waals surface area contributed by atoms with Crippen LogP contribution in [0.2, 0.25) is 0 Å². The molecule has 2 fully saturated rings. The van der Waals surface area contributed by atoms with Crippen molar-refractivity contribution in [1.82, 2.24) is 4.31 Å². The van der Waals surface area contributed by atoms with E-state index >= 15 is 0 Å². The van der Waals surface area contributed by atoms with Crippen molar-refractivity contribution in [3.63, 3.8) is 0 Å². The third-order valence-corrected chi connectivity index (χ3v) is 6.80. The minimum atomic E-state index is -3.69. The number of carbonyl (C=O) groups is 2. The van der Waals surface area contributed by atoms with Gasteiger partial charge >= 0.3 is 0 Å². The summed E-state index contributed by atoms with van der Waals surface area (Å²) < 4.78 is 27.3. The number of amides is 2. The highest BCUT2D eigenvalue weighted by Crippen LogP contribution is 2.29. The SMILES string of the molecule is NC(=O)C[C@@H]1CCCCN1S(=O)(=O)c1ccc(N2CCCC2=O)cc1. The molecule has 0 aliphatic carbocycles. The summed E-state index contributed by atoms with van der Waals surface area (Å²) in [5, 5.41) is 0. The topological polar surface area (TPSA) is 101 Å². The van der Waals surface area contributed by atoms with Gasteiger partial charge in [-0.25, -0.2) is 8.42 Å². The molecule has 3 rings (SSSR count). The highest BCUT2D eigenvalue weighted by atomic mass is 32.2. The number of nitrogens with zero attached hydrogens (tertiary/aromatic N) is 2. The van der Waals surface area contributed by atoms with E-state index in [1.807, 2.05) is 0 Å². The quantitative estimate of drug-likeness (QED) is 0.848. The van der Waals surface area contributed by atoms with Crippen LogP contribution in [0.25, 0.3) is 0 Å². The first-order chi connectivity index (χ1) is 11.9. The Morgan fingerprint density at radius 1 is 1.12 bits per heavy atom. The van der Waals surface area contributed by atoms with E-state index in [0.29, 0.717) is 31.6 Å². The van der Waals surface area contributed by atoms with E-state index < -0.39 is 15.9 Å². The molecule has 136 valence electrons. The fourth-order valence-electron chi connectivity index (χ4n) is 3.58. The van der Waals surface area contributed by atoms with Crippen molar-refractivity contribution in [1.29, 1.82) is 0 Å². The summed E-state index contributed by atoms with van der Waals surface area (Å²) in [6.45, 7) is 1.06. The number of hydrogen-bond acceptors (Lipinski definition) is 4. The molecule has 2 aliphatic heterocycles. The molecule has 0 saturated carbocycles. The monoisotopic (exact) mass is 365 g/mol. The van der Waals surface area contributed by atoms with Crippen molar-refractivity contribution in [2.24, 2.45) is 5.73 Å². The third kappa shape index (κ3) is 3.69. The van der Waals surface area contributed by atoms with Crippen molar-refractivity contribution < 1.29 is 18.0 Å². The molecule has 0 spiro atoms. The van der Waals surface area contributed by atoms with Crippen LogP contribution in [0.1, 0.15) is 38.5 Å². The minimum absolute atomic E-state index is 0.0413. The van der Waals surface area contributed by atoms with Crippen molar-refractivity contribution >= 4 is 27.5 Å². The molecule has 8 heteroatoms. The number of carbonyl (C=O) groups excluding carboxylic acids is 2. The van der Waals surface area contributed by atoms with Gasteiger partial charge in [-0.1, -0.05) is 6.42 Å². The van der Waals surface area contributed by atoms with Gasteiger partial charge in [-0.05, 0) is 43.5 Å². The fraction of sp³-hybridized carbons (Fsp3) is 0.529. The molecule has 2 amide bonds. The zero-order valence-corrected chi connectivity index (χ0v) is 14.9. The van der Waals surface area contributed by atoms with Gasteiger partial charge < -0.3 is 10.6 Å². The smallest absolute Gasteiger partial charge is 0.243 e. The van der Waals surface area contributed by atoms with E-state index in [0.717, 1.165) is 19.3 Å². The highest BCUT2D eigenvalue weighted by molar-refractivity contribution is 7.89. The molecule has 2 aliphatic rings. The average molecular weight is 365 g/mol. The normalized spacial score (nSPS) is 22.3. The molecular weight excluding hydrogens is 342 g/mol. The van der Waals surface area contributed by atoms with Crippen LogP contribution in [0.3, 0.4) is 0 Å². The first-order valence-electron chi connectivity index (χ1n) is 8.60. The molecule has 1 aromatic carbocycles. The summed E-state index contributed by atoms with van der Waals surface area (Å²) in [5.41, 5.74) is 5.99. The van der Waals surface area contributed by atoms with Crippen molar-refractivity contribution in [2.45, 2.75) is 49.5 Å². The number of sulfonamides is 1. The predicted molar refractivity (Wildman–Crippen MR) is 93.4 cm³/mol. The molecule has 0 bridgehead atoms. The Bertz CT molecular complexity index is 761. The van der Waals surface area contributed by atoms with E-state index in [9.17, 15) is 18.0 Å². The molecule has 1 atom stereocenters. The van der Waals surface area contributed by atoms with Crippen LogP contribution < -0.4 is 10.6 Å². The van der Waals surface area contributed by atoms with Crippen molar-refractivity contribution in [2.75, 3.05) is 18.0 Å². The molecule has 7 nitrogen and oxygen atoms in total. The van der Waals surface area contributed by atoms with E-state index in [2.05, 4.69) is 0 Å². The summed E-state index contributed by atoms with van der Waals surface area (Å²) in [4.78, 5) is 24.9. The van der Waals surface area contributed by atoms with Gasteiger partial charge in [-0.3, -0.25) is 9.59 Å². The summed E-state index contributed by atoms with van der Waals surface area (Å²) >= 11 is 0. The largest absolute Gasteiger partial charge is 0.370 e. The van der Waals surface area contributed by atoms with Gasteiger partial charge in [0.05, 0.1) is 4.90 Å². The Morgan fingerprint density at radius 3 is 2.44 bits per heavy atom. The average Bonchev–Trinajstić information content (AvgIpc) is 3.01. The lowest BCUT2D eigenvalue weighted by atomic mass is 10.0. The van der Waals surface area contributed by atoms with Gasteiger partial charge in [0.1, 0.15) is 0 Å². The summed E-state index contributed by atoms with van der Waals surface area (Å²) in [6.07, 6.45) is 3.70. The Morgan fingerprint density at radius 2 is 1.84 bits per heavy atom. The van der Waals surface area contributed by atoms with Crippen LogP contribution >= 0.6 is 0 Å². The zero-order valence-electron chi connectivity index (χ0n) is 14.1. The maximum Gasteiger partial charge on any atom is 0.243 e. The first kappa shape index (κ1) is 17.9. The van der Waals surface area contributed by atoms with Crippen molar-refractivity contribution in [3.8, 4) is 0 Å². The lowest BCUT2D eigenvalue weighted by Crippen LogP contribution is -2.45. The second-order valence-electron chi connectivity index (χ2n) is 6.58. The summed E-state index contributed by atoms with van der Waals surface area (Å²) in [5.74, 6) is -0.428. The summed E-state index contributed by atoms with van der Waals surface area (Å²) in [7, 11) is -3.69. The van der Waals surface area contributed by atoms with Crippen LogP contribution in [-0.4, -0.2) is 43.7 Å². The number of primary amides is 1. The minimum Gasteiger partial charge on any atom is -0.370 e. The number of nitrogens with two attached hydrogens (primary N) is 1. The molecule has 2 heterocycles. The van der Waals surface area contributed by atoms with Crippen LogP contribution in [-0.2, 0) is 19.6 Å². The molecule has 0 aromatic heterocycles. The molecule has 25 heavy (non-hydrogen) atoms. The molecule has 0 radical (unpaired) electrons. The number of rotatable bonds is 5. The highest BCUT2D eigenvalue weighted by Gasteiger charge is 2.34. The van der Waals surface area contributed by atoms with Gasteiger partial charge in [0.15, 0.2) is 0 Å². The van der Waals surface area contributed by atoms with E-state index in [-0.39, 0.29) is 23.3 Å². The standard InChI is InChI=1S/C17H23N3O4S/c18-16(21)12-14-4-1-2-11-20(14)25(23,24)15-8-6-13(7-9-15)19-10-3-5-17(19)22/h6-9,14H,1-5,10-12H2,(H2,18,21)/t14-/m0/s1. The molecule has 2 saturated heterocycles. The number of anilines is 1. The second-order valence-corrected chi connectivity index (χ2v) is 8.47. The van der Waals surface area contributed by atoms with Crippen LogP contribution in [0.15, 0.2) is 29.2 Å². The second kappa shape index (κ2) is 7.13. The number of piperidine rings is 1. The van der Waals surface area contributed by atoms with E-state index in [1.54, 1.807) is 17.0 Å². The zero-order chi connectivity index (χ0) is 18.0. The molecule has 1 aromatic rings. The van der Waals surface area contributed by atoms with Gasteiger partial charge in [0.25, 0.3) is 0 Å². The predicted octanol–water partition coefficient (Wildman–Crippen LogP) is 1.23. The van der Waals surface area contributed by atoms with Gasteiger partial charge in [-0.2, -0.15) is 4.31 Å². The van der Waals surface area contributed by atoms with Gasteiger partial charge in [0, 0.05) is 37.7 Å². The van der Waals surface area contributed by atoms with Crippen LogP contribution in [0, 0.1) is 0 Å². The van der Waals surface area contributed by atoms with Crippen LogP contribution in [0.5, 0.6) is 0 Å². The fourth-order valence-corrected chi connectivity index (χ4v) is 5.27. The van der Waals surface area contributed by atoms with E-state index in [4.69, 9.17) is 5.73 Å². The van der Waals surface area contributed by atoms with Crippen LogP contribution in [0.4, 0.5) is 5.69 Å². The van der Waals surface area contributed by atoms with Gasteiger partial charge in [0.2, 0.25) is 21.8 Å². The van der Waals surface area contributed by atoms with Gasteiger partial charge in [-0.15, -0.1) is 0 Å². The summed E-state index contributed by atoms with van der Waals surface area (Å²) in [6, 6.07) is 6.03. The lowest BCUT2D eigenvalue weighted by molar-refractivity contribution is -0.119. The first-order valence-corrected chi connectivity index (χ1v) is 10.0. The van der Waals surface area contributed by atoms with Crippen molar-refractivity contribution in [3.05, 3.63) is 24.3 Å². The Labute approximate surface area is 147 Å². The lowest BCUT2D eigenvalue weighted by Gasteiger charge is -2.34. The number of benzene rings is 1. The molecule has 2 N–H and O–H groups in total. The Kier molecular flexibility index (Phi) is 5.10.